The summed E-state index contributed by atoms with van der Waals surface area (Å²) in [6.07, 6.45) is 4.52. The van der Waals surface area contributed by atoms with Gasteiger partial charge in [-0.15, -0.1) is 23.7 Å². The Morgan fingerprint density at radius 2 is 1.85 bits per heavy atom. The maximum atomic E-state index is 13.9. The molecule has 0 radical (unpaired) electrons. The lowest BCUT2D eigenvalue weighted by molar-refractivity contribution is 0.0700. The van der Waals surface area contributed by atoms with Crippen molar-refractivity contribution in [1.82, 2.24) is 15.2 Å². The molecule has 0 unspecified atom stereocenters. The Labute approximate surface area is 167 Å². The van der Waals surface area contributed by atoms with E-state index in [-0.39, 0.29) is 34.6 Å². The molecule has 4 nitrogen and oxygen atoms in total. The van der Waals surface area contributed by atoms with Gasteiger partial charge in [0.1, 0.15) is 22.3 Å². The summed E-state index contributed by atoms with van der Waals surface area (Å²) in [7, 11) is 0. The highest BCUT2D eigenvalue weighted by molar-refractivity contribution is 7.13. The minimum absolute atomic E-state index is 0. The Bertz CT molecular complexity index is 784. The van der Waals surface area contributed by atoms with Crippen molar-refractivity contribution < 1.29 is 13.6 Å². The third-order valence-corrected chi connectivity index (χ3v) is 5.93. The van der Waals surface area contributed by atoms with E-state index in [9.17, 15) is 13.6 Å². The normalized spacial score (nSPS) is 17.6. The van der Waals surface area contributed by atoms with Crippen molar-refractivity contribution in [3.63, 3.8) is 0 Å². The number of nitrogens with one attached hydrogen (secondary N) is 1. The lowest BCUT2D eigenvalue weighted by Gasteiger charge is -2.32. The van der Waals surface area contributed by atoms with Crippen LogP contribution >= 0.6 is 23.7 Å². The van der Waals surface area contributed by atoms with Crippen LogP contribution in [0.1, 0.15) is 36.2 Å². The molecule has 1 saturated carbocycles. The summed E-state index contributed by atoms with van der Waals surface area (Å²) in [5, 5.41) is 5.37. The monoisotopic (exact) mass is 413 g/mol. The van der Waals surface area contributed by atoms with Crippen LogP contribution in [0, 0.1) is 17.6 Å². The smallest absolute Gasteiger partial charge is 0.273 e. The van der Waals surface area contributed by atoms with E-state index in [0.717, 1.165) is 36.6 Å². The molecule has 2 aliphatic rings. The lowest BCUT2D eigenvalue weighted by atomic mass is 10.0. The van der Waals surface area contributed by atoms with Gasteiger partial charge in [0, 0.05) is 24.5 Å². The van der Waals surface area contributed by atoms with E-state index < -0.39 is 11.6 Å². The molecule has 2 heterocycles. The number of halogens is 3. The number of hydrogen-bond donors (Lipinski definition) is 1. The number of nitrogens with zero attached hydrogens (tertiary/aromatic N) is 2. The molecule has 1 aliphatic carbocycles. The fourth-order valence-corrected chi connectivity index (χ4v) is 4.13. The molecule has 2 fully saturated rings. The molecule has 0 bridgehead atoms. The molecule has 0 atom stereocenters. The maximum Gasteiger partial charge on any atom is 0.273 e. The molecule has 1 N–H and O–H groups in total. The van der Waals surface area contributed by atoms with Gasteiger partial charge in [0.05, 0.1) is 5.56 Å². The summed E-state index contributed by atoms with van der Waals surface area (Å²) >= 11 is 1.09. The average molecular weight is 414 g/mol. The minimum atomic E-state index is -0.666. The van der Waals surface area contributed by atoms with Gasteiger partial charge in [-0.3, -0.25) is 4.79 Å². The second-order valence-electron chi connectivity index (χ2n) is 7.05. The number of carbonyl (C=O) groups is 1. The molecule has 4 rings (SSSR count). The van der Waals surface area contributed by atoms with Crippen LogP contribution < -0.4 is 5.32 Å². The SMILES string of the molecule is Cl.O=C(c1csc(-c2c(F)cccc2F)n1)N1CCC(NCC2CC2)CC1. The molecule has 1 amide bonds. The molecule has 1 aromatic heterocycles. The van der Waals surface area contributed by atoms with E-state index >= 15 is 0 Å². The molecule has 8 heteroatoms. The van der Waals surface area contributed by atoms with Crippen molar-refractivity contribution in [3.8, 4) is 10.6 Å². The number of likely N-dealkylation sites (tertiary alicyclic amines) is 1. The number of carbonyl (C=O) groups excluding carboxylic acids is 1. The third-order valence-electron chi connectivity index (χ3n) is 5.07. The molecule has 27 heavy (non-hydrogen) atoms. The highest BCUT2D eigenvalue weighted by Gasteiger charge is 2.27. The van der Waals surface area contributed by atoms with Crippen molar-refractivity contribution in [2.45, 2.75) is 31.7 Å². The summed E-state index contributed by atoms with van der Waals surface area (Å²) in [6, 6.07) is 4.18. The van der Waals surface area contributed by atoms with Crippen LogP contribution in [0.5, 0.6) is 0 Å². The van der Waals surface area contributed by atoms with Gasteiger partial charge >= 0.3 is 0 Å². The van der Waals surface area contributed by atoms with Crippen LogP contribution in [0.25, 0.3) is 10.6 Å². The van der Waals surface area contributed by atoms with Crippen molar-refractivity contribution in [1.29, 1.82) is 0 Å². The van der Waals surface area contributed by atoms with Gasteiger partial charge in [-0.1, -0.05) is 6.07 Å². The van der Waals surface area contributed by atoms with E-state index in [1.807, 2.05) is 0 Å². The van der Waals surface area contributed by atoms with Gasteiger partial charge in [0.25, 0.3) is 5.91 Å². The maximum absolute atomic E-state index is 13.9. The number of rotatable bonds is 5. The number of aromatic nitrogens is 1. The van der Waals surface area contributed by atoms with Crippen LogP contribution in [-0.4, -0.2) is 41.5 Å². The van der Waals surface area contributed by atoms with Crippen molar-refractivity contribution in [2.24, 2.45) is 5.92 Å². The zero-order chi connectivity index (χ0) is 18.1. The highest BCUT2D eigenvalue weighted by Crippen LogP contribution is 2.30. The van der Waals surface area contributed by atoms with Crippen molar-refractivity contribution >= 4 is 29.7 Å². The van der Waals surface area contributed by atoms with E-state index in [0.29, 0.717) is 19.1 Å². The van der Waals surface area contributed by atoms with E-state index in [1.54, 1.807) is 10.3 Å². The second kappa shape index (κ2) is 8.63. The van der Waals surface area contributed by atoms with Gasteiger partial charge < -0.3 is 10.2 Å². The summed E-state index contributed by atoms with van der Waals surface area (Å²) in [5.41, 5.74) is 0.0941. The topological polar surface area (TPSA) is 45.2 Å². The van der Waals surface area contributed by atoms with Crippen LogP contribution in [0.2, 0.25) is 0 Å². The number of thiazole rings is 1. The first-order valence-electron chi connectivity index (χ1n) is 9.04. The first kappa shape index (κ1) is 20.2. The van der Waals surface area contributed by atoms with Crippen LogP contribution in [0.15, 0.2) is 23.6 Å². The molecule has 1 saturated heterocycles. The highest BCUT2D eigenvalue weighted by atomic mass is 35.5. The Morgan fingerprint density at radius 3 is 2.48 bits per heavy atom. The first-order chi connectivity index (χ1) is 12.6. The molecule has 2 aromatic rings. The Hall–Kier alpha value is -1.57. The zero-order valence-electron chi connectivity index (χ0n) is 14.8. The molecule has 146 valence electrons. The Morgan fingerprint density at radius 1 is 1.19 bits per heavy atom. The zero-order valence-corrected chi connectivity index (χ0v) is 16.4. The number of hydrogen-bond acceptors (Lipinski definition) is 4. The number of piperidine rings is 1. The quantitative estimate of drug-likeness (QED) is 0.802. The molecular weight excluding hydrogens is 392 g/mol. The lowest BCUT2D eigenvalue weighted by Crippen LogP contribution is -2.45. The predicted octanol–water partition coefficient (Wildman–Crippen LogP) is 4.11. The average Bonchev–Trinajstić information content (AvgIpc) is 3.35. The summed E-state index contributed by atoms with van der Waals surface area (Å²) in [6.45, 7) is 2.45. The standard InChI is InChI=1S/C19H21F2N3OS.ClH/c20-14-2-1-3-15(21)17(14)18-23-16(11-26-18)19(25)24-8-6-13(7-9-24)22-10-12-4-5-12;/h1-3,11-13,22H,4-10H2;1H. The van der Waals surface area contributed by atoms with Crippen LogP contribution in [0.4, 0.5) is 8.78 Å². The molecule has 1 aromatic carbocycles. The van der Waals surface area contributed by atoms with Crippen molar-refractivity contribution in [3.05, 3.63) is 40.9 Å². The first-order valence-corrected chi connectivity index (χ1v) is 9.92. The molecule has 1 aliphatic heterocycles. The fraction of sp³-hybridized carbons (Fsp3) is 0.474. The van der Waals surface area contributed by atoms with Crippen LogP contribution in [-0.2, 0) is 0 Å². The molecule has 0 spiro atoms. The minimum Gasteiger partial charge on any atom is -0.337 e. The van der Waals surface area contributed by atoms with Crippen molar-refractivity contribution in [2.75, 3.05) is 19.6 Å². The van der Waals surface area contributed by atoms with Crippen LogP contribution in [0.3, 0.4) is 0 Å². The molecular formula is C19H22ClF2N3OS. The van der Waals surface area contributed by atoms with Gasteiger partial charge in [0.2, 0.25) is 0 Å². The largest absolute Gasteiger partial charge is 0.337 e. The van der Waals surface area contributed by atoms with Gasteiger partial charge in [0.15, 0.2) is 0 Å². The van der Waals surface area contributed by atoms with E-state index in [2.05, 4.69) is 10.3 Å². The Balaban J connectivity index is 0.00000210. The number of amides is 1. The van der Waals surface area contributed by atoms with E-state index in [4.69, 9.17) is 0 Å². The summed E-state index contributed by atoms with van der Waals surface area (Å²) in [4.78, 5) is 18.6. The van der Waals surface area contributed by atoms with Gasteiger partial charge in [-0.05, 0) is 50.3 Å². The second-order valence-corrected chi connectivity index (χ2v) is 7.91. The van der Waals surface area contributed by atoms with Gasteiger partial charge in [-0.2, -0.15) is 0 Å². The fourth-order valence-electron chi connectivity index (χ4n) is 3.29. The van der Waals surface area contributed by atoms with E-state index in [1.165, 1.54) is 31.0 Å². The summed E-state index contributed by atoms with van der Waals surface area (Å²) < 4.78 is 27.8. The summed E-state index contributed by atoms with van der Waals surface area (Å²) in [5.74, 6) is -0.645. The Kier molecular flexibility index (Phi) is 6.44. The van der Waals surface area contributed by atoms with Gasteiger partial charge in [-0.25, -0.2) is 13.8 Å². The number of benzene rings is 1. The third kappa shape index (κ3) is 4.65. The predicted molar refractivity (Wildman–Crippen MR) is 104 cm³/mol.